The minimum absolute atomic E-state index is 0.426. The maximum Gasteiger partial charge on any atom is 0.186 e. The number of hydrogen-bond acceptors (Lipinski definition) is 2. The summed E-state index contributed by atoms with van der Waals surface area (Å²) in [5, 5.41) is 0. The molecule has 14 heavy (non-hydrogen) atoms. The monoisotopic (exact) mass is 233 g/mol. The summed E-state index contributed by atoms with van der Waals surface area (Å²) in [6.45, 7) is 14.5. The highest BCUT2D eigenvalue weighted by Gasteiger charge is 2.27. The van der Waals surface area contributed by atoms with Gasteiger partial charge in [-0.15, -0.1) is 0 Å². The molecule has 0 aromatic rings. The molecule has 0 fully saturated rings. The Balaban J connectivity index is 3.93. The third kappa shape index (κ3) is 5.95. The van der Waals surface area contributed by atoms with E-state index in [2.05, 4.69) is 39.7 Å². The molecule has 0 aromatic carbocycles. The Morgan fingerprint density at radius 3 is 2.00 bits per heavy atom. The van der Waals surface area contributed by atoms with E-state index in [1.54, 1.807) is 0 Å². The summed E-state index contributed by atoms with van der Waals surface area (Å²) in [7, 11) is -2.54. The number of nitrogens with two attached hydrogens (primary N) is 1. The highest BCUT2D eigenvalue weighted by Crippen LogP contribution is 2.18. The van der Waals surface area contributed by atoms with Crippen molar-refractivity contribution in [3.05, 3.63) is 0 Å². The van der Waals surface area contributed by atoms with E-state index in [0.29, 0.717) is 5.67 Å². The van der Waals surface area contributed by atoms with Gasteiger partial charge in [0.15, 0.2) is 8.32 Å². The van der Waals surface area contributed by atoms with Crippen molar-refractivity contribution in [2.75, 3.05) is 6.61 Å². The molecule has 0 spiro atoms. The normalized spacial score (nSPS) is 15.6. The van der Waals surface area contributed by atoms with Gasteiger partial charge in [0.25, 0.3) is 0 Å². The van der Waals surface area contributed by atoms with Gasteiger partial charge in [0, 0.05) is 6.61 Å². The quantitative estimate of drug-likeness (QED) is 0.716. The van der Waals surface area contributed by atoms with E-state index in [4.69, 9.17) is 10.2 Å². The molecule has 0 radical (unpaired) electrons. The van der Waals surface area contributed by atoms with Crippen molar-refractivity contribution < 1.29 is 4.43 Å². The molecule has 0 aliphatic rings. The first kappa shape index (κ1) is 14.4. The van der Waals surface area contributed by atoms with Gasteiger partial charge in [-0.3, -0.25) is 0 Å². The van der Waals surface area contributed by atoms with Crippen molar-refractivity contribution >= 4 is 16.4 Å². The van der Waals surface area contributed by atoms with Gasteiger partial charge in [0.1, 0.15) is 0 Å². The molecule has 1 unspecified atom stereocenters. The first-order valence-electron chi connectivity index (χ1n) is 5.58. The SMILES string of the molecule is CCO[Si](C)(C)CCC(N)[Si](C)(C)C. The predicted octanol–water partition coefficient (Wildman–Crippen LogP) is 2.82. The van der Waals surface area contributed by atoms with Crippen LogP contribution in [0.15, 0.2) is 0 Å². The Morgan fingerprint density at radius 2 is 1.64 bits per heavy atom. The third-order valence-electron chi connectivity index (χ3n) is 2.70. The van der Waals surface area contributed by atoms with E-state index < -0.39 is 16.4 Å². The highest BCUT2D eigenvalue weighted by molar-refractivity contribution is 6.78. The van der Waals surface area contributed by atoms with Crippen LogP contribution in [0.2, 0.25) is 38.8 Å². The van der Waals surface area contributed by atoms with Crippen LogP contribution in [-0.4, -0.2) is 28.7 Å². The van der Waals surface area contributed by atoms with E-state index in [9.17, 15) is 0 Å². The molecule has 0 amide bonds. The van der Waals surface area contributed by atoms with E-state index >= 15 is 0 Å². The van der Waals surface area contributed by atoms with Gasteiger partial charge in [-0.1, -0.05) is 19.6 Å². The van der Waals surface area contributed by atoms with E-state index in [-0.39, 0.29) is 0 Å². The van der Waals surface area contributed by atoms with Crippen molar-refractivity contribution in [1.29, 1.82) is 0 Å². The highest BCUT2D eigenvalue weighted by atomic mass is 28.4. The van der Waals surface area contributed by atoms with E-state index in [1.807, 2.05) is 0 Å². The molecule has 4 heteroatoms. The third-order valence-corrected chi connectivity index (χ3v) is 7.78. The fourth-order valence-electron chi connectivity index (χ4n) is 1.40. The standard InChI is InChI=1S/C10H27NOSi2/c1-7-12-14(5,6)9-8-10(11)13(2,3)4/h10H,7-9,11H2,1-6H3. The summed E-state index contributed by atoms with van der Waals surface area (Å²) >= 11 is 0. The van der Waals surface area contributed by atoms with Crippen LogP contribution < -0.4 is 5.73 Å². The summed E-state index contributed by atoms with van der Waals surface area (Å²) in [5.41, 5.74) is 6.61. The molecule has 0 saturated heterocycles. The van der Waals surface area contributed by atoms with Crippen LogP contribution >= 0.6 is 0 Å². The van der Waals surface area contributed by atoms with Gasteiger partial charge in [0.2, 0.25) is 0 Å². The maximum absolute atomic E-state index is 6.18. The molecular weight excluding hydrogens is 206 g/mol. The molecule has 0 heterocycles. The Bertz CT molecular complexity index is 166. The van der Waals surface area contributed by atoms with Crippen molar-refractivity contribution in [2.24, 2.45) is 5.73 Å². The summed E-state index contributed by atoms with van der Waals surface area (Å²) in [6, 6.07) is 1.20. The summed E-state index contributed by atoms with van der Waals surface area (Å²) in [5.74, 6) is 0. The smallest absolute Gasteiger partial charge is 0.186 e. The molecule has 0 rings (SSSR count). The predicted molar refractivity (Wildman–Crippen MR) is 69.9 cm³/mol. The average molecular weight is 234 g/mol. The van der Waals surface area contributed by atoms with Gasteiger partial charge in [0.05, 0.1) is 8.07 Å². The van der Waals surface area contributed by atoms with Crippen LogP contribution in [0.1, 0.15) is 13.3 Å². The van der Waals surface area contributed by atoms with Gasteiger partial charge < -0.3 is 10.2 Å². The van der Waals surface area contributed by atoms with Crippen molar-refractivity contribution in [3.8, 4) is 0 Å². The molecule has 0 aromatic heterocycles. The zero-order valence-electron chi connectivity index (χ0n) is 10.7. The van der Waals surface area contributed by atoms with Gasteiger partial charge >= 0.3 is 0 Å². The van der Waals surface area contributed by atoms with Crippen LogP contribution in [0.3, 0.4) is 0 Å². The fourth-order valence-corrected chi connectivity index (χ4v) is 4.63. The molecule has 0 aliphatic heterocycles. The topological polar surface area (TPSA) is 35.2 Å². The number of hydrogen-bond donors (Lipinski definition) is 1. The molecule has 0 saturated carbocycles. The molecular formula is C10H27NOSi2. The van der Waals surface area contributed by atoms with Crippen LogP contribution in [-0.2, 0) is 4.43 Å². The van der Waals surface area contributed by atoms with Gasteiger partial charge in [-0.05, 0) is 38.1 Å². The van der Waals surface area contributed by atoms with Gasteiger partial charge in [-0.25, -0.2) is 0 Å². The molecule has 1 atom stereocenters. The second kappa shape index (κ2) is 5.44. The second-order valence-corrected chi connectivity index (χ2v) is 15.5. The molecule has 2 nitrogen and oxygen atoms in total. The van der Waals surface area contributed by atoms with Crippen LogP contribution in [0.4, 0.5) is 0 Å². The first-order chi connectivity index (χ1) is 6.19. The lowest BCUT2D eigenvalue weighted by Crippen LogP contribution is -2.46. The Hall–Kier alpha value is 0.354. The largest absolute Gasteiger partial charge is 0.418 e. The van der Waals surface area contributed by atoms with Gasteiger partial charge in [-0.2, -0.15) is 0 Å². The lowest BCUT2D eigenvalue weighted by molar-refractivity contribution is 0.328. The fraction of sp³-hybridized carbons (Fsp3) is 1.00. The van der Waals surface area contributed by atoms with Crippen molar-refractivity contribution in [2.45, 2.75) is 57.8 Å². The lowest BCUT2D eigenvalue weighted by atomic mass is 10.5. The first-order valence-corrected chi connectivity index (χ1v) is 12.3. The summed E-state index contributed by atoms with van der Waals surface area (Å²) < 4.78 is 5.79. The number of rotatable bonds is 6. The Morgan fingerprint density at radius 1 is 1.14 bits per heavy atom. The zero-order valence-corrected chi connectivity index (χ0v) is 12.7. The minimum atomic E-state index is -1.40. The molecule has 2 N–H and O–H groups in total. The van der Waals surface area contributed by atoms with Crippen LogP contribution in [0.5, 0.6) is 0 Å². The zero-order chi connectivity index (χ0) is 11.4. The molecule has 0 aliphatic carbocycles. The van der Waals surface area contributed by atoms with E-state index in [0.717, 1.165) is 13.0 Å². The summed E-state index contributed by atoms with van der Waals surface area (Å²) in [4.78, 5) is 0. The van der Waals surface area contributed by atoms with Crippen molar-refractivity contribution in [3.63, 3.8) is 0 Å². The summed E-state index contributed by atoms with van der Waals surface area (Å²) in [6.07, 6.45) is 1.15. The molecule has 0 bridgehead atoms. The maximum atomic E-state index is 6.18. The lowest BCUT2D eigenvalue weighted by Gasteiger charge is -2.29. The van der Waals surface area contributed by atoms with E-state index in [1.165, 1.54) is 6.04 Å². The van der Waals surface area contributed by atoms with Crippen LogP contribution in [0, 0.1) is 0 Å². The Labute approximate surface area is 91.4 Å². The Kier molecular flexibility index (Phi) is 5.58. The average Bonchev–Trinajstić information content (AvgIpc) is 1.98. The van der Waals surface area contributed by atoms with Crippen molar-refractivity contribution in [1.82, 2.24) is 0 Å². The van der Waals surface area contributed by atoms with Crippen LogP contribution in [0.25, 0.3) is 0 Å². The second-order valence-electron chi connectivity index (χ2n) is 5.70. The minimum Gasteiger partial charge on any atom is -0.418 e. The molecule has 86 valence electrons.